The van der Waals surface area contributed by atoms with Crippen LogP contribution in [0.3, 0.4) is 0 Å². The largest absolute Gasteiger partial charge is 0.337 e. The fourth-order valence-electron chi connectivity index (χ4n) is 0.829. The second-order valence-corrected chi connectivity index (χ2v) is 2.60. The van der Waals surface area contributed by atoms with Crippen molar-refractivity contribution in [3.63, 3.8) is 0 Å². The van der Waals surface area contributed by atoms with E-state index < -0.39 is 0 Å². The lowest BCUT2D eigenvalue weighted by atomic mass is 10.2. The average molecular weight is 139 g/mol. The Kier molecular flexibility index (Phi) is 2.45. The summed E-state index contributed by atoms with van der Waals surface area (Å²) in [6, 6.07) is 0. The smallest absolute Gasteiger partial charge is 0.0946 e. The summed E-state index contributed by atoms with van der Waals surface area (Å²) in [5, 5.41) is 0. The van der Waals surface area contributed by atoms with E-state index in [9.17, 15) is 0 Å². The zero-order valence-electron chi connectivity index (χ0n) is 6.20. The van der Waals surface area contributed by atoms with E-state index in [1.807, 2.05) is 17.1 Å². The number of aromatic nitrogens is 2. The molecule has 0 aliphatic rings. The van der Waals surface area contributed by atoms with Gasteiger partial charge in [0.25, 0.3) is 0 Å². The summed E-state index contributed by atoms with van der Waals surface area (Å²) in [4.78, 5) is 3.93. The molecule has 0 fully saturated rings. The lowest BCUT2D eigenvalue weighted by Gasteiger charge is -2.07. The van der Waals surface area contributed by atoms with E-state index in [0.29, 0.717) is 5.92 Å². The van der Waals surface area contributed by atoms with Crippen LogP contribution in [0.5, 0.6) is 0 Å². The van der Waals surface area contributed by atoms with Crippen LogP contribution in [0.1, 0.15) is 6.92 Å². The second-order valence-electron chi connectivity index (χ2n) is 2.60. The molecule has 1 heterocycles. The topological polar surface area (TPSA) is 43.8 Å². The van der Waals surface area contributed by atoms with Gasteiger partial charge in [0.05, 0.1) is 6.33 Å². The normalized spacial score (nSPS) is 13.4. The highest BCUT2D eigenvalue weighted by Crippen LogP contribution is 1.96. The van der Waals surface area contributed by atoms with Crippen LogP contribution in [0.15, 0.2) is 18.7 Å². The summed E-state index contributed by atoms with van der Waals surface area (Å²) < 4.78 is 2.04. The van der Waals surface area contributed by atoms with Crippen LogP contribution in [0.4, 0.5) is 0 Å². The van der Waals surface area contributed by atoms with Crippen LogP contribution >= 0.6 is 0 Å². The van der Waals surface area contributed by atoms with Gasteiger partial charge in [-0.05, 0) is 12.5 Å². The summed E-state index contributed by atoms with van der Waals surface area (Å²) in [7, 11) is 0. The van der Waals surface area contributed by atoms with Crippen molar-refractivity contribution in [3.8, 4) is 0 Å². The standard InChI is InChI=1S/C7H13N3/c1-7(4-8)5-10-3-2-9-6-10/h2-3,6-7H,4-5,8H2,1H3/t7-/m1/s1. The highest BCUT2D eigenvalue weighted by Gasteiger charge is 1.97. The molecule has 1 aromatic rings. The maximum absolute atomic E-state index is 5.45. The summed E-state index contributed by atoms with van der Waals surface area (Å²) in [6.45, 7) is 3.83. The molecule has 0 radical (unpaired) electrons. The maximum atomic E-state index is 5.45. The van der Waals surface area contributed by atoms with Crippen molar-refractivity contribution in [1.82, 2.24) is 9.55 Å². The van der Waals surface area contributed by atoms with E-state index in [0.717, 1.165) is 13.1 Å². The van der Waals surface area contributed by atoms with Gasteiger partial charge in [-0.3, -0.25) is 0 Å². The molecule has 56 valence electrons. The van der Waals surface area contributed by atoms with Crippen molar-refractivity contribution < 1.29 is 0 Å². The highest BCUT2D eigenvalue weighted by atomic mass is 15.0. The summed E-state index contributed by atoms with van der Waals surface area (Å²) in [6.07, 6.45) is 5.54. The van der Waals surface area contributed by atoms with Gasteiger partial charge in [-0.15, -0.1) is 0 Å². The first-order chi connectivity index (χ1) is 4.83. The third kappa shape index (κ3) is 1.84. The Morgan fingerprint density at radius 2 is 2.50 bits per heavy atom. The monoisotopic (exact) mass is 139 g/mol. The number of hydrogen-bond donors (Lipinski definition) is 1. The minimum atomic E-state index is 0.536. The first-order valence-corrected chi connectivity index (χ1v) is 3.48. The zero-order chi connectivity index (χ0) is 7.40. The molecular weight excluding hydrogens is 126 g/mol. The molecule has 0 unspecified atom stereocenters. The van der Waals surface area contributed by atoms with Crippen LogP contribution in [-0.4, -0.2) is 16.1 Å². The number of nitrogens with two attached hydrogens (primary N) is 1. The summed E-state index contributed by atoms with van der Waals surface area (Å²) in [5.74, 6) is 0.536. The first-order valence-electron chi connectivity index (χ1n) is 3.48. The molecule has 0 amide bonds. The van der Waals surface area contributed by atoms with Crippen LogP contribution in [0, 0.1) is 5.92 Å². The Bertz CT molecular complexity index is 169. The molecule has 0 aromatic carbocycles. The molecule has 3 nitrogen and oxygen atoms in total. The van der Waals surface area contributed by atoms with Crippen molar-refractivity contribution in [2.75, 3.05) is 6.54 Å². The van der Waals surface area contributed by atoms with Crippen molar-refractivity contribution in [3.05, 3.63) is 18.7 Å². The van der Waals surface area contributed by atoms with Gasteiger partial charge in [0, 0.05) is 18.9 Å². The maximum Gasteiger partial charge on any atom is 0.0946 e. The number of hydrogen-bond acceptors (Lipinski definition) is 2. The van der Waals surface area contributed by atoms with Crippen molar-refractivity contribution in [2.45, 2.75) is 13.5 Å². The fraction of sp³-hybridized carbons (Fsp3) is 0.571. The van der Waals surface area contributed by atoms with Crippen LogP contribution in [0.25, 0.3) is 0 Å². The molecule has 0 spiro atoms. The predicted octanol–water partition coefficient (Wildman–Crippen LogP) is 0.478. The Hall–Kier alpha value is -0.830. The van der Waals surface area contributed by atoms with Crippen LogP contribution < -0.4 is 5.73 Å². The van der Waals surface area contributed by atoms with E-state index in [-0.39, 0.29) is 0 Å². The van der Waals surface area contributed by atoms with E-state index in [1.165, 1.54) is 0 Å². The Morgan fingerprint density at radius 3 is 3.00 bits per heavy atom. The number of nitrogens with zero attached hydrogens (tertiary/aromatic N) is 2. The van der Waals surface area contributed by atoms with E-state index in [4.69, 9.17) is 5.73 Å². The van der Waals surface area contributed by atoms with Gasteiger partial charge in [0.15, 0.2) is 0 Å². The van der Waals surface area contributed by atoms with Crippen molar-refractivity contribution in [1.29, 1.82) is 0 Å². The first kappa shape index (κ1) is 7.28. The van der Waals surface area contributed by atoms with Gasteiger partial charge in [-0.25, -0.2) is 4.98 Å². The predicted molar refractivity (Wildman–Crippen MR) is 40.4 cm³/mol. The minimum Gasteiger partial charge on any atom is -0.337 e. The summed E-state index contributed by atoms with van der Waals surface area (Å²) >= 11 is 0. The van der Waals surface area contributed by atoms with Gasteiger partial charge in [0.2, 0.25) is 0 Å². The molecule has 2 N–H and O–H groups in total. The van der Waals surface area contributed by atoms with E-state index in [1.54, 1.807) is 6.20 Å². The molecule has 3 heteroatoms. The molecule has 0 aliphatic heterocycles. The quantitative estimate of drug-likeness (QED) is 0.661. The molecule has 10 heavy (non-hydrogen) atoms. The van der Waals surface area contributed by atoms with Crippen LogP contribution in [0.2, 0.25) is 0 Å². The second kappa shape index (κ2) is 3.37. The number of imidazole rings is 1. The molecule has 0 bridgehead atoms. The third-order valence-electron chi connectivity index (χ3n) is 1.48. The lowest BCUT2D eigenvalue weighted by Crippen LogP contribution is -2.16. The summed E-state index contributed by atoms with van der Waals surface area (Å²) in [5.41, 5.74) is 5.45. The minimum absolute atomic E-state index is 0.536. The highest BCUT2D eigenvalue weighted by molar-refractivity contribution is 4.74. The van der Waals surface area contributed by atoms with Crippen LogP contribution in [-0.2, 0) is 6.54 Å². The van der Waals surface area contributed by atoms with Gasteiger partial charge in [0.1, 0.15) is 0 Å². The van der Waals surface area contributed by atoms with Gasteiger partial charge < -0.3 is 10.3 Å². The van der Waals surface area contributed by atoms with Gasteiger partial charge in [-0.2, -0.15) is 0 Å². The molecule has 0 aliphatic carbocycles. The molecule has 0 saturated carbocycles. The van der Waals surface area contributed by atoms with Crippen molar-refractivity contribution in [2.24, 2.45) is 11.7 Å². The Balaban J connectivity index is 2.40. The fourth-order valence-corrected chi connectivity index (χ4v) is 0.829. The third-order valence-corrected chi connectivity index (χ3v) is 1.48. The Morgan fingerprint density at radius 1 is 1.70 bits per heavy atom. The zero-order valence-corrected chi connectivity index (χ0v) is 6.20. The number of rotatable bonds is 3. The SMILES string of the molecule is C[C@H](CN)Cn1ccnc1. The molecule has 1 atom stereocenters. The van der Waals surface area contributed by atoms with Gasteiger partial charge in [-0.1, -0.05) is 6.92 Å². The van der Waals surface area contributed by atoms with Crippen molar-refractivity contribution >= 4 is 0 Å². The molecule has 0 saturated heterocycles. The molecule has 1 aromatic heterocycles. The molecule has 1 rings (SSSR count). The van der Waals surface area contributed by atoms with Gasteiger partial charge >= 0.3 is 0 Å². The van der Waals surface area contributed by atoms with E-state index >= 15 is 0 Å². The average Bonchev–Trinajstić information content (AvgIpc) is 2.40. The lowest BCUT2D eigenvalue weighted by molar-refractivity contribution is 0.491. The molecular formula is C7H13N3. The Labute approximate surface area is 60.9 Å². The van der Waals surface area contributed by atoms with E-state index in [2.05, 4.69) is 11.9 Å².